The summed E-state index contributed by atoms with van der Waals surface area (Å²) in [6.07, 6.45) is 2.48. The van der Waals surface area contributed by atoms with Gasteiger partial charge in [0.05, 0.1) is 6.54 Å². The average molecular weight is 347 g/mol. The summed E-state index contributed by atoms with van der Waals surface area (Å²) >= 11 is 0. The van der Waals surface area contributed by atoms with Crippen LogP contribution >= 0.6 is 0 Å². The second-order valence-corrected chi connectivity index (χ2v) is 5.92. The number of nitrogens with zero attached hydrogens (tertiary/aromatic N) is 2. The molecule has 0 aliphatic rings. The summed E-state index contributed by atoms with van der Waals surface area (Å²) in [5, 5.41) is 6.57. The zero-order valence-corrected chi connectivity index (χ0v) is 16.3. The molecule has 0 saturated heterocycles. The van der Waals surface area contributed by atoms with Crippen molar-refractivity contribution in [1.29, 1.82) is 0 Å². The van der Waals surface area contributed by atoms with Crippen LogP contribution < -0.4 is 10.6 Å². The summed E-state index contributed by atoms with van der Waals surface area (Å²) in [6.45, 7) is 11.9. The molecule has 0 radical (unpaired) electrons. The third-order valence-corrected chi connectivity index (χ3v) is 4.19. The first-order chi connectivity index (χ1) is 12.1. The SMILES string of the molecule is CCNC(=NCCC(=O)N(CC)CC)NCCc1ccc(CC)cc1. The number of aliphatic imine (C=N–C) groups is 1. The molecule has 0 fully saturated rings. The molecule has 0 aliphatic carbocycles. The highest BCUT2D eigenvalue weighted by molar-refractivity contribution is 5.80. The average Bonchev–Trinajstić information content (AvgIpc) is 2.63. The highest BCUT2D eigenvalue weighted by Crippen LogP contribution is 2.05. The highest BCUT2D eigenvalue weighted by Gasteiger charge is 2.08. The predicted octanol–water partition coefficient (Wildman–Crippen LogP) is 2.61. The van der Waals surface area contributed by atoms with Crippen molar-refractivity contribution in [3.05, 3.63) is 35.4 Å². The number of aryl methyl sites for hydroxylation is 1. The monoisotopic (exact) mass is 346 g/mol. The van der Waals surface area contributed by atoms with Crippen molar-refractivity contribution in [3.63, 3.8) is 0 Å². The molecule has 1 rings (SSSR count). The van der Waals surface area contributed by atoms with E-state index in [1.54, 1.807) is 0 Å². The van der Waals surface area contributed by atoms with E-state index >= 15 is 0 Å². The Morgan fingerprint density at radius 2 is 1.64 bits per heavy atom. The van der Waals surface area contributed by atoms with Crippen molar-refractivity contribution in [2.24, 2.45) is 4.99 Å². The molecule has 1 aromatic carbocycles. The number of benzene rings is 1. The van der Waals surface area contributed by atoms with Crippen LogP contribution in [0.5, 0.6) is 0 Å². The molecule has 0 aliphatic heterocycles. The molecule has 0 atom stereocenters. The first kappa shape index (κ1) is 21.0. The molecule has 140 valence electrons. The lowest BCUT2D eigenvalue weighted by atomic mass is 10.1. The smallest absolute Gasteiger partial charge is 0.224 e. The van der Waals surface area contributed by atoms with Gasteiger partial charge in [-0.15, -0.1) is 0 Å². The zero-order chi connectivity index (χ0) is 18.5. The lowest BCUT2D eigenvalue weighted by Crippen LogP contribution is -2.38. The van der Waals surface area contributed by atoms with Crippen molar-refractivity contribution in [2.75, 3.05) is 32.7 Å². The molecule has 0 heterocycles. The molecular formula is C20H34N4O. The fourth-order valence-electron chi connectivity index (χ4n) is 2.61. The number of nitrogens with one attached hydrogen (secondary N) is 2. The minimum atomic E-state index is 0.167. The van der Waals surface area contributed by atoms with Gasteiger partial charge in [-0.25, -0.2) is 0 Å². The molecular weight excluding hydrogens is 312 g/mol. The number of guanidine groups is 1. The minimum Gasteiger partial charge on any atom is -0.357 e. The number of hydrogen-bond donors (Lipinski definition) is 2. The molecule has 5 nitrogen and oxygen atoms in total. The van der Waals surface area contributed by atoms with E-state index in [9.17, 15) is 4.79 Å². The van der Waals surface area contributed by atoms with Gasteiger partial charge in [-0.05, 0) is 44.7 Å². The van der Waals surface area contributed by atoms with Crippen LogP contribution in [0.1, 0.15) is 45.2 Å². The molecule has 2 N–H and O–H groups in total. The van der Waals surface area contributed by atoms with E-state index in [4.69, 9.17) is 0 Å². The molecule has 0 unspecified atom stereocenters. The van der Waals surface area contributed by atoms with Gasteiger partial charge in [0.25, 0.3) is 0 Å². The number of carbonyl (C=O) groups is 1. The lowest BCUT2D eigenvalue weighted by molar-refractivity contribution is -0.130. The fraction of sp³-hybridized carbons (Fsp3) is 0.600. The third-order valence-electron chi connectivity index (χ3n) is 4.19. The van der Waals surface area contributed by atoms with Crippen molar-refractivity contribution < 1.29 is 4.79 Å². The minimum absolute atomic E-state index is 0.167. The van der Waals surface area contributed by atoms with Crippen LogP contribution in [0.4, 0.5) is 0 Å². The summed E-state index contributed by atoms with van der Waals surface area (Å²) in [7, 11) is 0. The summed E-state index contributed by atoms with van der Waals surface area (Å²) < 4.78 is 0. The van der Waals surface area contributed by atoms with Gasteiger partial charge in [-0.3, -0.25) is 9.79 Å². The highest BCUT2D eigenvalue weighted by atomic mass is 16.2. The molecule has 25 heavy (non-hydrogen) atoms. The number of amides is 1. The molecule has 0 aromatic heterocycles. The quantitative estimate of drug-likeness (QED) is 0.506. The van der Waals surface area contributed by atoms with Crippen molar-refractivity contribution >= 4 is 11.9 Å². The first-order valence-corrected chi connectivity index (χ1v) is 9.52. The van der Waals surface area contributed by atoms with Crippen molar-refractivity contribution in [2.45, 2.75) is 47.0 Å². The van der Waals surface area contributed by atoms with E-state index in [0.29, 0.717) is 13.0 Å². The molecule has 0 bridgehead atoms. The van der Waals surface area contributed by atoms with E-state index in [0.717, 1.165) is 45.0 Å². The number of rotatable bonds is 10. The van der Waals surface area contributed by atoms with Gasteiger partial charge in [0.1, 0.15) is 0 Å². The molecule has 0 saturated carbocycles. The largest absolute Gasteiger partial charge is 0.357 e. The summed E-state index contributed by atoms with van der Waals surface area (Å²) in [6, 6.07) is 8.75. The Hall–Kier alpha value is -2.04. The predicted molar refractivity (Wildman–Crippen MR) is 106 cm³/mol. The van der Waals surface area contributed by atoms with Crippen LogP contribution in [0.15, 0.2) is 29.3 Å². The van der Waals surface area contributed by atoms with Crippen LogP contribution in [0.3, 0.4) is 0 Å². The Kier molecular flexibility index (Phi) is 10.4. The Morgan fingerprint density at radius 1 is 1.00 bits per heavy atom. The molecule has 0 spiro atoms. The number of hydrogen-bond acceptors (Lipinski definition) is 2. The maximum atomic E-state index is 12.0. The first-order valence-electron chi connectivity index (χ1n) is 9.52. The van der Waals surface area contributed by atoms with E-state index in [-0.39, 0.29) is 5.91 Å². The Labute approximate surface area is 152 Å². The van der Waals surface area contributed by atoms with Gasteiger partial charge in [-0.1, -0.05) is 31.2 Å². The van der Waals surface area contributed by atoms with Gasteiger partial charge in [-0.2, -0.15) is 0 Å². The van der Waals surface area contributed by atoms with E-state index in [1.807, 2.05) is 25.7 Å². The van der Waals surface area contributed by atoms with Gasteiger partial charge in [0, 0.05) is 32.6 Å². The van der Waals surface area contributed by atoms with E-state index in [1.165, 1.54) is 11.1 Å². The summed E-state index contributed by atoms with van der Waals surface area (Å²) in [5.41, 5.74) is 2.68. The van der Waals surface area contributed by atoms with Gasteiger partial charge >= 0.3 is 0 Å². The van der Waals surface area contributed by atoms with Crippen LogP contribution in [0.2, 0.25) is 0 Å². The second kappa shape index (κ2) is 12.3. The van der Waals surface area contributed by atoms with E-state index in [2.05, 4.69) is 46.8 Å². The summed E-state index contributed by atoms with van der Waals surface area (Å²) in [5.74, 6) is 0.945. The van der Waals surface area contributed by atoms with Gasteiger partial charge in [0.15, 0.2) is 5.96 Å². The van der Waals surface area contributed by atoms with E-state index < -0.39 is 0 Å². The Balaban J connectivity index is 2.42. The summed E-state index contributed by atoms with van der Waals surface area (Å²) in [4.78, 5) is 18.4. The normalized spacial score (nSPS) is 11.3. The maximum absolute atomic E-state index is 12.0. The maximum Gasteiger partial charge on any atom is 0.224 e. The lowest BCUT2D eigenvalue weighted by Gasteiger charge is -2.18. The Bertz CT molecular complexity index is 521. The number of carbonyl (C=O) groups excluding carboxylic acids is 1. The van der Waals surface area contributed by atoms with Crippen LogP contribution in [-0.2, 0) is 17.6 Å². The third kappa shape index (κ3) is 8.05. The van der Waals surface area contributed by atoms with Gasteiger partial charge in [0.2, 0.25) is 5.91 Å². The van der Waals surface area contributed by atoms with Crippen molar-refractivity contribution in [1.82, 2.24) is 15.5 Å². The molecule has 1 aromatic rings. The molecule has 1 amide bonds. The van der Waals surface area contributed by atoms with Gasteiger partial charge < -0.3 is 15.5 Å². The van der Waals surface area contributed by atoms with Crippen LogP contribution in [0.25, 0.3) is 0 Å². The fourth-order valence-corrected chi connectivity index (χ4v) is 2.61. The molecule has 5 heteroatoms. The van der Waals surface area contributed by atoms with Crippen LogP contribution in [0, 0.1) is 0 Å². The Morgan fingerprint density at radius 3 is 2.20 bits per heavy atom. The topological polar surface area (TPSA) is 56.7 Å². The van der Waals surface area contributed by atoms with Crippen LogP contribution in [-0.4, -0.2) is 49.5 Å². The van der Waals surface area contributed by atoms with Crippen molar-refractivity contribution in [3.8, 4) is 0 Å². The zero-order valence-electron chi connectivity index (χ0n) is 16.3. The standard InChI is InChI=1S/C20H34N4O/c1-5-17-9-11-18(12-10-17)13-15-22-20(21-6-2)23-16-14-19(25)24(7-3)8-4/h9-12H,5-8,13-16H2,1-4H3,(H2,21,22,23). The second-order valence-electron chi connectivity index (χ2n) is 5.92.